The lowest BCUT2D eigenvalue weighted by atomic mass is 9.93. The number of amides is 1. The number of nitrogens with two attached hydrogens (primary N) is 2. The highest BCUT2D eigenvalue weighted by Crippen LogP contribution is 2.31. The molecule has 3 rings (SSSR count). The number of carbonyl (C=O) groups excluding carboxylic acids is 1. The molecule has 1 saturated carbocycles. The summed E-state index contributed by atoms with van der Waals surface area (Å²) < 4.78 is 6.33. The molecule has 0 saturated heterocycles. The number of nitrogens with zero attached hydrogens (tertiary/aromatic N) is 3. The van der Waals surface area contributed by atoms with E-state index in [1.807, 2.05) is 24.1 Å². The third kappa shape index (κ3) is 5.77. The number of amidine groups is 1. The molecule has 4 N–H and O–H groups in total. The number of fused-ring (bicyclic) bond motifs is 1. The number of aryl methyl sites for hydroxylation is 1. The largest absolute Gasteiger partial charge is 0.494 e. The molecule has 0 spiro atoms. The summed E-state index contributed by atoms with van der Waals surface area (Å²) in [7, 11) is 2.04. The zero-order valence-electron chi connectivity index (χ0n) is 19.3. The highest BCUT2D eigenvalue weighted by atomic mass is 16.5. The lowest BCUT2D eigenvalue weighted by molar-refractivity contribution is -0.863. The number of hydrogen-bond donors (Lipinski definition) is 2. The molecule has 1 aliphatic carbocycles. The molecule has 172 valence electrons. The first-order valence-corrected chi connectivity index (χ1v) is 12.0. The van der Waals surface area contributed by atoms with Gasteiger partial charge in [0.1, 0.15) is 11.8 Å². The summed E-state index contributed by atoms with van der Waals surface area (Å²) in [6, 6.07) is 6.51. The Morgan fingerprint density at radius 2 is 2.00 bits per heavy atom. The van der Waals surface area contributed by atoms with Gasteiger partial charge in [-0.3, -0.25) is 4.79 Å². The molecular weight excluding hydrogens is 390 g/mol. The SMILES string of the molecule is CCCN1C(=O)CCc2cc(OCCCC/C(=N/N)[N+](C)(N)C3CCCCC3)ccc21. The van der Waals surface area contributed by atoms with Gasteiger partial charge < -0.3 is 15.5 Å². The molecule has 1 aromatic carbocycles. The molecule has 1 amide bonds. The van der Waals surface area contributed by atoms with Crippen LogP contribution in [0.5, 0.6) is 5.75 Å². The van der Waals surface area contributed by atoms with Crippen molar-refractivity contribution in [3.63, 3.8) is 0 Å². The molecule has 2 aliphatic rings. The number of benzene rings is 1. The van der Waals surface area contributed by atoms with Gasteiger partial charge in [-0.2, -0.15) is 5.84 Å². The van der Waals surface area contributed by atoms with Crippen molar-refractivity contribution in [1.82, 2.24) is 0 Å². The van der Waals surface area contributed by atoms with Crippen molar-refractivity contribution in [3.8, 4) is 5.75 Å². The highest BCUT2D eigenvalue weighted by Gasteiger charge is 2.36. The minimum atomic E-state index is 0.221. The van der Waals surface area contributed by atoms with E-state index >= 15 is 0 Å². The maximum atomic E-state index is 12.2. The van der Waals surface area contributed by atoms with Gasteiger partial charge in [0.15, 0.2) is 0 Å². The Morgan fingerprint density at radius 1 is 1.23 bits per heavy atom. The molecule has 1 atom stereocenters. The van der Waals surface area contributed by atoms with Crippen molar-refractivity contribution in [2.75, 3.05) is 25.1 Å². The normalized spacial score (nSPS) is 19.8. The summed E-state index contributed by atoms with van der Waals surface area (Å²) in [5, 5.41) is 4.06. The summed E-state index contributed by atoms with van der Waals surface area (Å²) in [4.78, 5) is 14.1. The third-order valence-corrected chi connectivity index (χ3v) is 6.80. The lowest BCUT2D eigenvalue weighted by Gasteiger charge is -2.38. The van der Waals surface area contributed by atoms with Crippen LogP contribution in [0, 0.1) is 0 Å². The fourth-order valence-corrected chi connectivity index (χ4v) is 4.93. The maximum absolute atomic E-state index is 12.2. The van der Waals surface area contributed by atoms with Gasteiger partial charge in [0.2, 0.25) is 11.7 Å². The fraction of sp³-hybridized carbons (Fsp3) is 0.667. The van der Waals surface area contributed by atoms with Crippen LogP contribution < -0.4 is 21.3 Å². The Labute approximate surface area is 187 Å². The predicted molar refractivity (Wildman–Crippen MR) is 126 cm³/mol. The molecule has 1 aromatic rings. The van der Waals surface area contributed by atoms with E-state index in [2.05, 4.69) is 18.1 Å². The average molecular weight is 431 g/mol. The number of hydrogen-bond acceptors (Lipinski definition) is 5. The standard InChI is InChI=1S/C24H40N5O2/c1-3-16-28-22-14-13-21(18-19(22)12-15-24(28)30)31-17-8-7-11-23(27-25)29(2,26)20-9-5-4-6-10-20/h13-14,18,20H,3-12,15-17,25-26H2,1-2H3/q+1/b27-23-. The number of ether oxygens (including phenoxy) is 1. The van der Waals surface area contributed by atoms with Crippen molar-refractivity contribution >= 4 is 17.4 Å². The van der Waals surface area contributed by atoms with Crippen LogP contribution in [0.3, 0.4) is 0 Å². The van der Waals surface area contributed by atoms with Gasteiger partial charge in [-0.15, -0.1) is 5.10 Å². The van der Waals surface area contributed by atoms with Crippen LogP contribution in [-0.2, 0) is 11.2 Å². The van der Waals surface area contributed by atoms with Crippen molar-refractivity contribution in [2.45, 2.75) is 83.6 Å². The smallest absolute Gasteiger partial charge is 0.238 e. The van der Waals surface area contributed by atoms with E-state index in [9.17, 15) is 4.79 Å². The van der Waals surface area contributed by atoms with Crippen LogP contribution in [0.25, 0.3) is 0 Å². The van der Waals surface area contributed by atoms with Gasteiger partial charge in [0.25, 0.3) is 0 Å². The summed E-state index contributed by atoms with van der Waals surface area (Å²) >= 11 is 0. The topological polar surface area (TPSA) is 93.9 Å². The number of unbranched alkanes of at least 4 members (excludes halogenated alkanes) is 1. The Morgan fingerprint density at radius 3 is 2.71 bits per heavy atom. The summed E-state index contributed by atoms with van der Waals surface area (Å²) in [5.41, 5.74) is 2.24. The Bertz CT molecular complexity index is 771. The first kappa shape index (κ1) is 23.5. The van der Waals surface area contributed by atoms with Gasteiger partial charge in [-0.05, 0) is 62.3 Å². The number of hydrazone groups is 1. The molecule has 1 heterocycles. The van der Waals surface area contributed by atoms with Crippen LogP contribution in [0.15, 0.2) is 23.3 Å². The van der Waals surface area contributed by atoms with Crippen LogP contribution in [0.1, 0.15) is 76.7 Å². The van der Waals surface area contributed by atoms with Crippen molar-refractivity contribution in [3.05, 3.63) is 23.8 Å². The highest BCUT2D eigenvalue weighted by molar-refractivity contribution is 5.96. The molecule has 31 heavy (non-hydrogen) atoms. The zero-order valence-corrected chi connectivity index (χ0v) is 19.3. The van der Waals surface area contributed by atoms with E-state index in [0.29, 0.717) is 23.7 Å². The molecule has 1 aliphatic heterocycles. The average Bonchev–Trinajstić information content (AvgIpc) is 2.78. The Kier molecular flexibility index (Phi) is 8.32. The molecular formula is C24H40N5O2+. The minimum absolute atomic E-state index is 0.221. The molecule has 0 bridgehead atoms. The Balaban J connectivity index is 1.47. The van der Waals surface area contributed by atoms with E-state index < -0.39 is 0 Å². The van der Waals surface area contributed by atoms with Crippen LogP contribution in [0.4, 0.5) is 5.69 Å². The third-order valence-electron chi connectivity index (χ3n) is 6.80. The Hall–Kier alpha value is -2.12. The minimum Gasteiger partial charge on any atom is -0.494 e. The van der Waals surface area contributed by atoms with Crippen molar-refractivity contribution in [1.29, 1.82) is 0 Å². The summed E-state index contributed by atoms with van der Waals surface area (Å²) in [6.45, 7) is 3.52. The zero-order chi connectivity index (χ0) is 22.3. The molecule has 7 nitrogen and oxygen atoms in total. The van der Waals surface area contributed by atoms with E-state index in [1.54, 1.807) is 0 Å². The quantitative estimate of drug-likeness (QED) is 0.155. The van der Waals surface area contributed by atoms with E-state index in [0.717, 1.165) is 68.8 Å². The second-order valence-corrected chi connectivity index (χ2v) is 9.13. The summed E-state index contributed by atoms with van der Waals surface area (Å²) in [5.74, 6) is 14.3. The molecule has 1 fully saturated rings. The van der Waals surface area contributed by atoms with Gasteiger partial charge in [-0.1, -0.05) is 13.3 Å². The number of rotatable bonds is 9. The molecule has 0 radical (unpaired) electrons. The molecule has 7 heteroatoms. The second-order valence-electron chi connectivity index (χ2n) is 9.13. The number of quaternary nitrogens is 1. The molecule has 1 unspecified atom stereocenters. The van der Waals surface area contributed by atoms with Gasteiger partial charge in [0, 0.05) is 37.9 Å². The second kappa shape index (κ2) is 11.0. The van der Waals surface area contributed by atoms with Gasteiger partial charge in [0.05, 0.1) is 13.7 Å². The first-order chi connectivity index (χ1) is 15.0. The van der Waals surface area contributed by atoms with Crippen LogP contribution in [0.2, 0.25) is 0 Å². The fourth-order valence-electron chi connectivity index (χ4n) is 4.93. The monoisotopic (exact) mass is 430 g/mol. The van der Waals surface area contributed by atoms with Gasteiger partial charge >= 0.3 is 0 Å². The number of anilines is 1. The lowest BCUT2D eigenvalue weighted by Crippen LogP contribution is -2.62. The van der Waals surface area contributed by atoms with E-state index in [1.165, 1.54) is 24.8 Å². The van der Waals surface area contributed by atoms with Crippen molar-refractivity contribution < 1.29 is 14.1 Å². The van der Waals surface area contributed by atoms with Gasteiger partial charge in [-0.25, -0.2) is 4.59 Å². The van der Waals surface area contributed by atoms with Crippen molar-refractivity contribution in [2.24, 2.45) is 16.8 Å². The molecule has 0 aromatic heterocycles. The number of carbonyl (C=O) groups is 1. The first-order valence-electron chi connectivity index (χ1n) is 12.0. The van der Waals surface area contributed by atoms with Crippen LogP contribution in [-0.4, -0.2) is 42.6 Å². The van der Waals surface area contributed by atoms with Crippen LogP contribution >= 0.6 is 0 Å². The van der Waals surface area contributed by atoms with E-state index in [-0.39, 0.29) is 5.91 Å². The summed E-state index contributed by atoms with van der Waals surface area (Å²) in [6.07, 6.45) is 11.1. The maximum Gasteiger partial charge on any atom is 0.238 e. The predicted octanol–water partition coefficient (Wildman–Crippen LogP) is 3.85. The van der Waals surface area contributed by atoms with E-state index in [4.69, 9.17) is 16.4 Å².